The Morgan fingerprint density at radius 2 is 1.80 bits per heavy atom. The maximum atomic E-state index is 11.9. The Labute approximate surface area is 119 Å². The monoisotopic (exact) mass is 296 g/mol. The molecular formula is C14H20N2O3S. The molecule has 0 aliphatic carbocycles. The highest BCUT2D eigenvalue weighted by Crippen LogP contribution is 2.03. The van der Waals surface area contributed by atoms with Gasteiger partial charge in [-0.05, 0) is 18.5 Å². The molecule has 0 unspecified atom stereocenters. The van der Waals surface area contributed by atoms with Gasteiger partial charge in [0, 0.05) is 13.1 Å². The minimum Gasteiger partial charge on any atom is -0.340 e. The van der Waals surface area contributed by atoms with Crippen LogP contribution in [0.1, 0.15) is 5.56 Å². The lowest BCUT2D eigenvalue weighted by atomic mass is 10.1. The summed E-state index contributed by atoms with van der Waals surface area (Å²) in [5, 5.41) is 3.11. The Morgan fingerprint density at radius 1 is 1.15 bits per heavy atom. The quantitative estimate of drug-likeness (QED) is 0.781. The van der Waals surface area contributed by atoms with Gasteiger partial charge in [-0.25, -0.2) is 8.42 Å². The fourth-order valence-electron chi connectivity index (χ4n) is 2.15. The fourth-order valence-corrected chi connectivity index (χ4v) is 3.35. The normalized spacial score (nSPS) is 17.9. The van der Waals surface area contributed by atoms with Gasteiger partial charge in [-0.1, -0.05) is 30.3 Å². The number of rotatable bonds is 5. The second-order valence-electron chi connectivity index (χ2n) is 4.94. The van der Waals surface area contributed by atoms with Crippen LogP contribution >= 0.6 is 0 Å². The molecule has 2 rings (SSSR count). The molecule has 1 heterocycles. The van der Waals surface area contributed by atoms with Crippen molar-refractivity contribution in [2.24, 2.45) is 0 Å². The van der Waals surface area contributed by atoms with Crippen molar-refractivity contribution in [1.29, 1.82) is 0 Å². The summed E-state index contributed by atoms with van der Waals surface area (Å²) in [5.41, 5.74) is 1.23. The van der Waals surface area contributed by atoms with Gasteiger partial charge in [0.25, 0.3) is 0 Å². The van der Waals surface area contributed by atoms with Gasteiger partial charge >= 0.3 is 0 Å². The van der Waals surface area contributed by atoms with Crippen LogP contribution in [-0.4, -0.2) is 56.9 Å². The zero-order valence-electron chi connectivity index (χ0n) is 11.4. The van der Waals surface area contributed by atoms with Crippen molar-refractivity contribution in [1.82, 2.24) is 10.2 Å². The van der Waals surface area contributed by atoms with Gasteiger partial charge in [-0.2, -0.15) is 0 Å². The van der Waals surface area contributed by atoms with Gasteiger partial charge in [-0.3, -0.25) is 4.79 Å². The largest absolute Gasteiger partial charge is 0.340 e. The van der Waals surface area contributed by atoms with Crippen molar-refractivity contribution < 1.29 is 13.2 Å². The highest BCUT2D eigenvalue weighted by Gasteiger charge is 2.24. The lowest BCUT2D eigenvalue weighted by Crippen LogP contribution is -2.47. The van der Waals surface area contributed by atoms with Crippen LogP contribution in [0, 0.1) is 0 Å². The van der Waals surface area contributed by atoms with E-state index in [1.807, 2.05) is 18.2 Å². The second-order valence-corrected chi connectivity index (χ2v) is 7.25. The SMILES string of the molecule is O=C(CNCCc1ccccc1)N1CCS(=O)(=O)CC1. The topological polar surface area (TPSA) is 66.5 Å². The molecule has 0 spiro atoms. The molecule has 0 aromatic heterocycles. The summed E-state index contributed by atoms with van der Waals surface area (Å²) in [4.78, 5) is 13.5. The lowest BCUT2D eigenvalue weighted by Gasteiger charge is -2.26. The fraction of sp³-hybridized carbons (Fsp3) is 0.500. The molecule has 1 aliphatic rings. The van der Waals surface area contributed by atoms with Gasteiger partial charge < -0.3 is 10.2 Å². The van der Waals surface area contributed by atoms with Gasteiger partial charge in [0.15, 0.2) is 9.84 Å². The zero-order valence-corrected chi connectivity index (χ0v) is 12.2. The summed E-state index contributed by atoms with van der Waals surface area (Å²) in [6, 6.07) is 10.1. The molecule has 0 bridgehead atoms. The molecule has 6 heteroatoms. The summed E-state index contributed by atoms with van der Waals surface area (Å²) >= 11 is 0. The van der Waals surface area contributed by atoms with Crippen molar-refractivity contribution in [3.63, 3.8) is 0 Å². The number of carbonyl (C=O) groups excluding carboxylic acids is 1. The molecule has 0 saturated carbocycles. The summed E-state index contributed by atoms with van der Waals surface area (Å²) in [5.74, 6) is 0.152. The number of nitrogens with one attached hydrogen (secondary N) is 1. The van der Waals surface area contributed by atoms with E-state index in [1.54, 1.807) is 4.90 Å². The van der Waals surface area contributed by atoms with Gasteiger partial charge in [0.05, 0.1) is 18.1 Å². The number of amides is 1. The molecular weight excluding hydrogens is 276 g/mol. The van der Waals surface area contributed by atoms with E-state index in [0.717, 1.165) is 13.0 Å². The van der Waals surface area contributed by atoms with Crippen LogP contribution in [0.15, 0.2) is 30.3 Å². The Morgan fingerprint density at radius 3 is 2.45 bits per heavy atom. The van der Waals surface area contributed by atoms with Crippen molar-refractivity contribution in [3.8, 4) is 0 Å². The maximum Gasteiger partial charge on any atom is 0.236 e. The molecule has 0 radical (unpaired) electrons. The number of nitrogens with zero attached hydrogens (tertiary/aromatic N) is 1. The van der Waals surface area contributed by atoms with Crippen molar-refractivity contribution >= 4 is 15.7 Å². The highest BCUT2D eigenvalue weighted by molar-refractivity contribution is 7.91. The smallest absolute Gasteiger partial charge is 0.236 e. The first-order valence-corrected chi connectivity index (χ1v) is 8.62. The van der Waals surface area contributed by atoms with E-state index in [9.17, 15) is 13.2 Å². The maximum absolute atomic E-state index is 11.9. The van der Waals surface area contributed by atoms with Crippen molar-refractivity contribution in [3.05, 3.63) is 35.9 Å². The number of carbonyl (C=O) groups is 1. The molecule has 1 aliphatic heterocycles. The van der Waals surface area contributed by atoms with Crippen LogP contribution in [0.3, 0.4) is 0 Å². The van der Waals surface area contributed by atoms with E-state index in [1.165, 1.54) is 5.56 Å². The molecule has 1 N–H and O–H groups in total. The van der Waals surface area contributed by atoms with Gasteiger partial charge in [-0.15, -0.1) is 0 Å². The second kappa shape index (κ2) is 6.85. The van der Waals surface area contributed by atoms with Crippen LogP contribution in [0.4, 0.5) is 0 Å². The molecule has 1 saturated heterocycles. The van der Waals surface area contributed by atoms with Gasteiger partial charge in [0.2, 0.25) is 5.91 Å². The molecule has 20 heavy (non-hydrogen) atoms. The third-order valence-corrected chi connectivity index (χ3v) is 5.02. The Hall–Kier alpha value is -1.40. The van der Waals surface area contributed by atoms with Gasteiger partial charge in [0.1, 0.15) is 0 Å². The summed E-state index contributed by atoms with van der Waals surface area (Å²) in [7, 11) is -2.92. The standard InChI is InChI=1S/C14H20N2O3S/c17-14(16-8-10-20(18,19)11-9-16)12-15-7-6-13-4-2-1-3-5-13/h1-5,15H,6-12H2. The first kappa shape index (κ1) is 15.0. The number of hydrogen-bond donors (Lipinski definition) is 1. The van der Waals surface area contributed by atoms with E-state index < -0.39 is 9.84 Å². The molecule has 0 atom stereocenters. The van der Waals surface area contributed by atoms with E-state index in [-0.39, 0.29) is 24.0 Å². The molecule has 1 aromatic carbocycles. The first-order valence-electron chi connectivity index (χ1n) is 6.80. The van der Waals surface area contributed by atoms with Crippen molar-refractivity contribution in [2.75, 3.05) is 37.7 Å². The van der Waals surface area contributed by atoms with E-state index in [4.69, 9.17) is 0 Å². The molecule has 110 valence electrons. The summed E-state index contributed by atoms with van der Waals surface area (Å²) in [6.07, 6.45) is 0.877. The molecule has 1 amide bonds. The zero-order chi connectivity index (χ0) is 14.4. The third-order valence-electron chi connectivity index (χ3n) is 3.41. The highest BCUT2D eigenvalue weighted by atomic mass is 32.2. The van der Waals surface area contributed by atoms with Crippen LogP contribution in [-0.2, 0) is 21.1 Å². The Bertz CT molecular complexity index is 529. The number of benzene rings is 1. The van der Waals surface area contributed by atoms with Crippen LogP contribution in [0.25, 0.3) is 0 Å². The average molecular weight is 296 g/mol. The van der Waals surface area contributed by atoms with Crippen LogP contribution < -0.4 is 5.32 Å². The van der Waals surface area contributed by atoms with E-state index >= 15 is 0 Å². The average Bonchev–Trinajstić information content (AvgIpc) is 2.44. The minimum absolute atomic E-state index is 0.0204. The van der Waals surface area contributed by atoms with Crippen molar-refractivity contribution in [2.45, 2.75) is 6.42 Å². The first-order chi connectivity index (χ1) is 9.57. The minimum atomic E-state index is -2.92. The number of sulfone groups is 1. The van der Waals surface area contributed by atoms with Crippen LogP contribution in [0.2, 0.25) is 0 Å². The Kier molecular flexibility index (Phi) is 5.14. The molecule has 1 aromatic rings. The van der Waals surface area contributed by atoms with E-state index in [2.05, 4.69) is 17.4 Å². The Balaban J connectivity index is 1.66. The third kappa shape index (κ3) is 4.61. The lowest BCUT2D eigenvalue weighted by molar-refractivity contribution is -0.129. The predicted octanol–water partition coefficient (Wildman–Crippen LogP) is 0.0757. The predicted molar refractivity (Wildman–Crippen MR) is 78.2 cm³/mol. The summed E-state index contributed by atoms with van der Waals surface area (Å²) in [6.45, 7) is 1.65. The summed E-state index contributed by atoms with van der Waals surface area (Å²) < 4.78 is 22.6. The number of hydrogen-bond acceptors (Lipinski definition) is 4. The molecule has 1 fully saturated rings. The van der Waals surface area contributed by atoms with Crippen LogP contribution in [0.5, 0.6) is 0 Å². The van der Waals surface area contributed by atoms with E-state index in [0.29, 0.717) is 13.1 Å². The molecule has 5 nitrogen and oxygen atoms in total.